The third kappa shape index (κ3) is 4.75. The lowest BCUT2D eigenvalue weighted by molar-refractivity contribution is -0.659. The second-order valence-corrected chi connectivity index (χ2v) is 6.55. The minimum absolute atomic E-state index is 0.112. The highest BCUT2D eigenvalue weighted by Gasteiger charge is 2.38. The Bertz CT molecular complexity index is 580. The Morgan fingerprint density at radius 1 is 1.32 bits per heavy atom. The number of rotatable bonds is 5. The minimum Gasteiger partial charge on any atom is -0.390 e. The average Bonchev–Trinajstić information content (AvgIpc) is 2.97. The Hall–Kier alpha value is -2.01. The van der Waals surface area contributed by atoms with Gasteiger partial charge in [-0.05, 0) is 6.92 Å². The van der Waals surface area contributed by atoms with E-state index in [0.29, 0.717) is 13.0 Å². The first-order valence-corrected chi connectivity index (χ1v) is 8.17. The molecule has 1 aliphatic heterocycles. The molecule has 1 saturated heterocycles. The van der Waals surface area contributed by atoms with E-state index in [2.05, 4.69) is 10.6 Å². The molecule has 0 aromatic heterocycles. The average molecular weight is 357 g/mol. The fourth-order valence-corrected chi connectivity index (χ4v) is 2.92. The number of carbonyl (C=O) groups excluding carboxylic acids is 3. The molecule has 0 radical (unpaired) electrons. The summed E-state index contributed by atoms with van der Waals surface area (Å²) < 4.78 is 0. The van der Waals surface area contributed by atoms with Gasteiger partial charge < -0.3 is 37.0 Å². The Morgan fingerprint density at radius 3 is 2.56 bits per heavy atom. The van der Waals surface area contributed by atoms with Crippen LogP contribution in [0.25, 0.3) is 0 Å². The van der Waals surface area contributed by atoms with Gasteiger partial charge in [0.1, 0.15) is 24.8 Å². The molecule has 1 fully saturated rings. The zero-order valence-corrected chi connectivity index (χ0v) is 13.9. The fraction of sp³-hybridized carbons (Fsp3) is 0.667. The van der Waals surface area contributed by atoms with E-state index < -0.39 is 54.2 Å². The number of hydrogen-bond donors (Lipinski definition) is 7. The van der Waals surface area contributed by atoms with Crippen molar-refractivity contribution in [1.29, 1.82) is 0 Å². The highest BCUT2D eigenvalue weighted by atomic mass is 16.3. The van der Waals surface area contributed by atoms with Crippen molar-refractivity contribution in [1.82, 2.24) is 10.6 Å². The maximum atomic E-state index is 12.2. The van der Waals surface area contributed by atoms with Gasteiger partial charge in [-0.25, -0.2) is 0 Å². The van der Waals surface area contributed by atoms with Crippen LogP contribution in [-0.2, 0) is 14.4 Å². The van der Waals surface area contributed by atoms with Gasteiger partial charge in [-0.15, -0.1) is 0 Å². The molecule has 10 heteroatoms. The lowest BCUT2D eigenvalue weighted by Gasteiger charge is -2.31. The minimum atomic E-state index is -1.26. The van der Waals surface area contributed by atoms with Gasteiger partial charge >= 0.3 is 0 Å². The van der Waals surface area contributed by atoms with Gasteiger partial charge in [0.2, 0.25) is 11.8 Å². The van der Waals surface area contributed by atoms with Crippen LogP contribution < -0.4 is 21.7 Å². The maximum absolute atomic E-state index is 12.2. The molecule has 9 N–H and O–H groups in total. The molecule has 0 aromatic rings. The fourth-order valence-electron chi connectivity index (χ4n) is 2.92. The molecule has 2 rings (SSSR count). The number of hydrogen-bond acceptors (Lipinski definition) is 6. The van der Waals surface area contributed by atoms with Crippen molar-refractivity contribution in [2.24, 2.45) is 5.73 Å². The molecule has 0 spiro atoms. The Balaban J connectivity index is 2.06. The first kappa shape index (κ1) is 19.3. The number of aliphatic hydroxyl groups excluding tert-OH is 3. The molecular weight excluding hydrogens is 332 g/mol. The number of aliphatic hydroxyl groups is 3. The summed E-state index contributed by atoms with van der Waals surface area (Å²) in [5.41, 5.74) is 5.24. The van der Waals surface area contributed by atoms with E-state index in [1.807, 2.05) is 0 Å². The van der Waals surface area contributed by atoms with E-state index >= 15 is 0 Å². The van der Waals surface area contributed by atoms with Crippen molar-refractivity contribution >= 4 is 17.7 Å². The zero-order valence-electron chi connectivity index (χ0n) is 13.9. The van der Waals surface area contributed by atoms with Crippen LogP contribution in [0.15, 0.2) is 11.6 Å². The van der Waals surface area contributed by atoms with Gasteiger partial charge in [0, 0.05) is 18.4 Å². The van der Waals surface area contributed by atoms with Gasteiger partial charge in [0.15, 0.2) is 6.04 Å². The summed E-state index contributed by atoms with van der Waals surface area (Å²) in [5.74, 6) is -1.69. The monoisotopic (exact) mass is 357 g/mol. The standard InChI is InChI=1S/C15H24N4O6/c1-6(13(16)23)18-14(24)7-2-9(12(22)11(21)3-7)19-15(25)10-4-8(20)5-17-10/h2,6,8-12,17,20-22H,3-5H2,1H3,(H2,16,23)(H,18,24)(H,19,25)/p+1/t6-,8-,9-,10+,11-,12-/m1/s1. The van der Waals surface area contributed by atoms with Gasteiger partial charge in [-0.3, -0.25) is 14.4 Å². The Morgan fingerprint density at radius 2 is 2.00 bits per heavy atom. The van der Waals surface area contributed by atoms with Gasteiger partial charge in [0.05, 0.1) is 12.1 Å². The quantitative estimate of drug-likeness (QED) is 0.259. The summed E-state index contributed by atoms with van der Waals surface area (Å²) in [6, 6.07) is -2.33. The molecule has 0 bridgehead atoms. The van der Waals surface area contributed by atoms with Crippen LogP contribution in [0.4, 0.5) is 0 Å². The highest BCUT2D eigenvalue weighted by molar-refractivity contribution is 5.97. The van der Waals surface area contributed by atoms with Crippen molar-refractivity contribution in [3.05, 3.63) is 11.6 Å². The van der Waals surface area contributed by atoms with Crippen LogP contribution >= 0.6 is 0 Å². The summed E-state index contributed by atoms with van der Waals surface area (Å²) in [4.78, 5) is 35.4. The number of carbonyl (C=O) groups is 3. The van der Waals surface area contributed by atoms with Crippen molar-refractivity contribution in [2.75, 3.05) is 6.54 Å². The van der Waals surface area contributed by atoms with Crippen molar-refractivity contribution in [3.8, 4) is 0 Å². The highest BCUT2D eigenvalue weighted by Crippen LogP contribution is 2.20. The molecule has 1 heterocycles. The van der Waals surface area contributed by atoms with Crippen LogP contribution in [0.3, 0.4) is 0 Å². The van der Waals surface area contributed by atoms with E-state index in [4.69, 9.17) is 5.73 Å². The Labute approximate surface area is 144 Å². The molecular formula is C15H25N4O6+. The molecule has 0 aromatic carbocycles. The SMILES string of the molecule is C[C@@H](NC(=O)C1=C[C@@H](NC(=O)[C@@H]2C[C@@H](O)C[NH2+]2)[C@@H](O)[C@H](O)C1)C(N)=O. The van der Waals surface area contributed by atoms with E-state index in [9.17, 15) is 29.7 Å². The lowest BCUT2D eigenvalue weighted by atomic mass is 9.89. The van der Waals surface area contributed by atoms with Crippen LogP contribution in [0, 0.1) is 0 Å². The molecule has 2 aliphatic rings. The first-order chi connectivity index (χ1) is 11.7. The largest absolute Gasteiger partial charge is 0.390 e. The Kier molecular flexibility index (Phi) is 6.11. The normalized spacial score (nSPS) is 33.3. The summed E-state index contributed by atoms with van der Waals surface area (Å²) in [6.45, 7) is 1.85. The molecule has 3 amide bonds. The molecule has 140 valence electrons. The summed E-state index contributed by atoms with van der Waals surface area (Å²) in [6.07, 6.45) is -1.52. The number of nitrogens with one attached hydrogen (secondary N) is 2. The molecule has 25 heavy (non-hydrogen) atoms. The molecule has 10 nitrogen and oxygen atoms in total. The summed E-state index contributed by atoms with van der Waals surface area (Å²) in [5, 5.41) is 36.2. The van der Waals surface area contributed by atoms with Crippen molar-refractivity contribution < 1.29 is 35.0 Å². The second kappa shape index (κ2) is 7.91. The van der Waals surface area contributed by atoms with E-state index in [1.165, 1.54) is 13.0 Å². The summed E-state index contributed by atoms with van der Waals surface area (Å²) in [7, 11) is 0. The first-order valence-electron chi connectivity index (χ1n) is 8.17. The van der Waals surface area contributed by atoms with E-state index in [-0.39, 0.29) is 12.0 Å². The van der Waals surface area contributed by atoms with Gasteiger partial charge in [-0.2, -0.15) is 0 Å². The van der Waals surface area contributed by atoms with Crippen LogP contribution in [0.5, 0.6) is 0 Å². The summed E-state index contributed by atoms with van der Waals surface area (Å²) >= 11 is 0. The predicted octanol–water partition coefficient (Wildman–Crippen LogP) is -4.79. The van der Waals surface area contributed by atoms with Gasteiger partial charge in [0.25, 0.3) is 5.91 Å². The van der Waals surface area contributed by atoms with Crippen molar-refractivity contribution in [3.63, 3.8) is 0 Å². The number of quaternary nitrogens is 1. The molecule has 0 unspecified atom stereocenters. The predicted molar refractivity (Wildman–Crippen MR) is 84.6 cm³/mol. The van der Waals surface area contributed by atoms with Gasteiger partial charge in [-0.1, -0.05) is 6.08 Å². The van der Waals surface area contributed by atoms with E-state index in [1.54, 1.807) is 5.32 Å². The number of amides is 3. The van der Waals surface area contributed by atoms with Crippen LogP contribution in [-0.4, -0.2) is 76.0 Å². The molecule has 6 atom stereocenters. The lowest BCUT2D eigenvalue weighted by Crippen LogP contribution is -2.90. The second-order valence-electron chi connectivity index (χ2n) is 6.55. The third-order valence-electron chi connectivity index (χ3n) is 4.50. The van der Waals surface area contributed by atoms with Crippen LogP contribution in [0.2, 0.25) is 0 Å². The number of nitrogens with two attached hydrogens (primary N) is 2. The van der Waals surface area contributed by atoms with Crippen LogP contribution in [0.1, 0.15) is 19.8 Å². The maximum Gasteiger partial charge on any atom is 0.278 e. The topological polar surface area (TPSA) is 179 Å². The smallest absolute Gasteiger partial charge is 0.278 e. The molecule has 1 aliphatic carbocycles. The molecule has 0 saturated carbocycles. The number of primary amides is 1. The van der Waals surface area contributed by atoms with E-state index in [0.717, 1.165) is 0 Å². The van der Waals surface area contributed by atoms with Crippen molar-refractivity contribution in [2.45, 2.75) is 56.2 Å². The third-order valence-corrected chi connectivity index (χ3v) is 4.50. The zero-order chi connectivity index (χ0) is 18.7.